The van der Waals surface area contributed by atoms with Gasteiger partial charge in [0.2, 0.25) is 0 Å². The molecule has 0 aliphatic carbocycles. The van der Waals surface area contributed by atoms with Crippen LogP contribution in [-0.4, -0.2) is 21.2 Å². The molecule has 0 spiro atoms. The summed E-state index contributed by atoms with van der Waals surface area (Å²) in [4.78, 5) is 3.92. The van der Waals surface area contributed by atoms with E-state index < -0.39 is 6.10 Å². The van der Waals surface area contributed by atoms with E-state index in [-0.39, 0.29) is 6.54 Å². The van der Waals surface area contributed by atoms with Gasteiger partial charge >= 0.3 is 0 Å². The number of aliphatic hydroxyl groups excluding tert-OH is 1. The highest BCUT2D eigenvalue weighted by atomic mass is 16.3. The number of nitrogens with zero attached hydrogens (tertiary/aromatic N) is 2. The number of aliphatic hydroxyl groups is 1. The Bertz CT molecular complexity index is 209. The quantitative estimate of drug-likeness (QED) is 0.578. The number of hydrogen-bond acceptors (Lipinski definition) is 3. The second kappa shape index (κ2) is 2.81. The largest absolute Gasteiger partial charge is 0.385 e. The van der Waals surface area contributed by atoms with E-state index in [2.05, 4.69) is 4.98 Å². The molecule has 0 saturated carbocycles. The summed E-state index contributed by atoms with van der Waals surface area (Å²) in [6, 6.07) is 0. The minimum Gasteiger partial charge on any atom is -0.385 e. The third-order valence-electron chi connectivity index (χ3n) is 1.29. The van der Waals surface area contributed by atoms with Crippen LogP contribution >= 0.6 is 0 Å². The standard InChI is InChI=1S/C6H11N3O/c1-9-3-5(8-4-9)6(10)2-7/h3-4,6,10H,2,7H2,1H3/t6-/m1/s1. The van der Waals surface area contributed by atoms with Crippen LogP contribution in [0.3, 0.4) is 0 Å². The summed E-state index contributed by atoms with van der Waals surface area (Å²) in [5, 5.41) is 9.14. The first-order valence-electron chi connectivity index (χ1n) is 3.10. The molecule has 0 fully saturated rings. The van der Waals surface area contributed by atoms with Crippen LogP contribution in [0.25, 0.3) is 0 Å². The van der Waals surface area contributed by atoms with Crippen LogP contribution in [-0.2, 0) is 7.05 Å². The Morgan fingerprint density at radius 1 is 1.90 bits per heavy atom. The molecule has 0 aliphatic rings. The van der Waals surface area contributed by atoms with Gasteiger partial charge in [-0.3, -0.25) is 0 Å². The van der Waals surface area contributed by atoms with Crippen LogP contribution in [0.5, 0.6) is 0 Å². The van der Waals surface area contributed by atoms with Crippen molar-refractivity contribution in [3.63, 3.8) is 0 Å². The minimum atomic E-state index is -0.624. The third-order valence-corrected chi connectivity index (χ3v) is 1.29. The number of aryl methyl sites for hydroxylation is 1. The molecule has 0 aromatic carbocycles. The van der Waals surface area contributed by atoms with Crippen molar-refractivity contribution in [2.45, 2.75) is 6.10 Å². The van der Waals surface area contributed by atoms with Gasteiger partial charge in [-0.1, -0.05) is 0 Å². The fraction of sp³-hybridized carbons (Fsp3) is 0.500. The SMILES string of the molecule is Cn1cnc([C@H](O)CN)c1. The minimum absolute atomic E-state index is 0.219. The molecule has 1 aromatic rings. The van der Waals surface area contributed by atoms with Crippen molar-refractivity contribution in [1.29, 1.82) is 0 Å². The maximum Gasteiger partial charge on any atom is 0.110 e. The molecule has 10 heavy (non-hydrogen) atoms. The van der Waals surface area contributed by atoms with E-state index in [4.69, 9.17) is 10.8 Å². The zero-order chi connectivity index (χ0) is 7.56. The summed E-state index contributed by atoms with van der Waals surface area (Å²) >= 11 is 0. The Kier molecular flexibility index (Phi) is 2.03. The van der Waals surface area contributed by atoms with Gasteiger partial charge in [-0.2, -0.15) is 0 Å². The number of aromatic nitrogens is 2. The highest BCUT2D eigenvalue weighted by Gasteiger charge is 2.06. The van der Waals surface area contributed by atoms with Crippen molar-refractivity contribution in [2.75, 3.05) is 6.54 Å². The van der Waals surface area contributed by atoms with Crippen molar-refractivity contribution >= 4 is 0 Å². The van der Waals surface area contributed by atoms with Gasteiger partial charge in [0.25, 0.3) is 0 Å². The smallest absolute Gasteiger partial charge is 0.110 e. The molecule has 0 saturated heterocycles. The first-order chi connectivity index (χ1) is 4.74. The Hall–Kier alpha value is -0.870. The van der Waals surface area contributed by atoms with Crippen molar-refractivity contribution in [3.8, 4) is 0 Å². The van der Waals surface area contributed by atoms with Crippen LogP contribution in [0, 0.1) is 0 Å². The predicted molar refractivity (Wildman–Crippen MR) is 37.2 cm³/mol. The molecule has 1 heterocycles. The maximum atomic E-state index is 9.14. The van der Waals surface area contributed by atoms with Gasteiger partial charge in [0.05, 0.1) is 12.0 Å². The van der Waals surface area contributed by atoms with Crippen molar-refractivity contribution in [2.24, 2.45) is 12.8 Å². The fourth-order valence-electron chi connectivity index (χ4n) is 0.726. The number of nitrogens with two attached hydrogens (primary N) is 1. The molecule has 4 nitrogen and oxygen atoms in total. The Balaban J connectivity index is 2.74. The van der Waals surface area contributed by atoms with Gasteiger partial charge in [-0.05, 0) is 0 Å². The van der Waals surface area contributed by atoms with Crippen molar-refractivity contribution < 1.29 is 5.11 Å². The average molecular weight is 141 g/mol. The molecule has 0 unspecified atom stereocenters. The summed E-state index contributed by atoms with van der Waals surface area (Å²) in [7, 11) is 1.85. The normalized spacial score (nSPS) is 13.5. The fourth-order valence-corrected chi connectivity index (χ4v) is 0.726. The van der Waals surface area contributed by atoms with Crippen LogP contribution < -0.4 is 5.73 Å². The molecule has 1 rings (SSSR count). The number of rotatable bonds is 2. The maximum absolute atomic E-state index is 9.14. The lowest BCUT2D eigenvalue weighted by atomic mass is 10.3. The van der Waals surface area contributed by atoms with E-state index in [0.29, 0.717) is 5.69 Å². The van der Waals surface area contributed by atoms with E-state index in [9.17, 15) is 0 Å². The monoisotopic (exact) mass is 141 g/mol. The second-order valence-corrected chi connectivity index (χ2v) is 2.22. The van der Waals surface area contributed by atoms with E-state index in [1.807, 2.05) is 7.05 Å². The highest BCUT2D eigenvalue weighted by Crippen LogP contribution is 2.05. The van der Waals surface area contributed by atoms with Gasteiger partial charge in [0, 0.05) is 19.8 Å². The van der Waals surface area contributed by atoms with Gasteiger partial charge < -0.3 is 15.4 Å². The van der Waals surface area contributed by atoms with E-state index in [1.165, 1.54) is 0 Å². The van der Waals surface area contributed by atoms with Crippen LogP contribution in [0.4, 0.5) is 0 Å². The first kappa shape index (κ1) is 7.24. The van der Waals surface area contributed by atoms with Gasteiger partial charge in [-0.25, -0.2) is 4.98 Å². The number of hydrogen-bond donors (Lipinski definition) is 2. The molecular formula is C6H11N3O. The topological polar surface area (TPSA) is 64.1 Å². The highest BCUT2D eigenvalue weighted by molar-refractivity contribution is 5.00. The van der Waals surface area contributed by atoms with E-state index in [1.54, 1.807) is 17.1 Å². The van der Waals surface area contributed by atoms with Crippen molar-refractivity contribution in [1.82, 2.24) is 9.55 Å². The molecule has 0 aliphatic heterocycles. The van der Waals surface area contributed by atoms with Gasteiger partial charge in [-0.15, -0.1) is 0 Å². The van der Waals surface area contributed by atoms with Gasteiger partial charge in [0.1, 0.15) is 6.10 Å². The lowest BCUT2D eigenvalue weighted by Crippen LogP contribution is -2.11. The molecule has 3 N–H and O–H groups in total. The van der Waals surface area contributed by atoms with E-state index in [0.717, 1.165) is 0 Å². The zero-order valence-electron chi connectivity index (χ0n) is 5.86. The summed E-state index contributed by atoms with van der Waals surface area (Å²) in [6.45, 7) is 0.219. The summed E-state index contributed by atoms with van der Waals surface area (Å²) < 4.78 is 1.77. The third kappa shape index (κ3) is 1.34. The molecule has 56 valence electrons. The van der Waals surface area contributed by atoms with Crippen LogP contribution in [0.1, 0.15) is 11.8 Å². The van der Waals surface area contributed by atoms with Crippen LogP contribution in [0.15, 0.2) is 12.5 Å². The molecule has 4 heteroatoms. The molecule has 0 radical (unpaired) electrons. The lowest BCUT2D eigenvalue weighted by Gasteiger charge is -2.00. The molecule has 0 bridgehead atoms. The second-order valence-electron chi connectivity index (χ2n) is 2.22. The summed E-state index contributed by atoms with van der Waals surface area (Å²) in [5.74, 6) is 0. The molecular weight excluding hydrogens is 130 g/mol. The molecule has 1 atom stereocenters. The van der Waals surface area contributed by atoms with E-state index >= 15 is 0 Å². The van der Waals surface area contributed by atoms with Crippen LogP contribution in [0.2, 0.25) is 0 Å². The first-order valence-corrected chi connectivity index (χ1v) is 3.10. The Morgan fingerprint density at radius 3 is 3.00 bits per heavy atom. The van der Waals surface area contributed by atoms with Crippen molar-refractivity contribution in [3.05, 3.63) is 18.2 Å². The number of imidazole rings is 1. The summed E-state index contributed by atoms with van der Waals surface area (Å²) in [6.07, 6.45) is 2.76. The lowest BCUT2D eigenvalue weighted by molar-refractivity contribution is 0.182. The zero-order valence-corrected chi connectivity index (χ0v) is 5.86. The molecule has 1 aromatic heterocycles. The summed E-state index contributed by atoms with van der Waals surface area (Å²) in [5.41, 5.74) is 5.84. The average Bonchev–Trinajstić information content (AvgIpc) is 2.34. The Labute approximate surface area is 59.3 Å². The predicted octanol–water partition coefficient (Wildman–Crippen LogP) is -0.588. The molecule has 0 amide bonds. The Morgan fingerprint density at radius 2 is 2.60 bits per heavy atom. The van der Waals surface area contributed by atoms with Gasteiger partial charge in [0.15, 0.2) is 0 Å².